The predicted molar refractivity (Wildman–Crippen MR) is 156 cm³/mol. The van der Waals surface area contributed by atoms with Crippen molar-refractivity contribution in [3.63, 3.8) is 0 Å². The highest BCUT2D eigenvalue weighted by Crippen LogP contribution is 2.41. The van der Waals surface area contributed by atoms with E-state index in [4.69, 9.17) is 0 Å². The average Bonchev–Trinajstić information content (AvgIpc) is 2.90. The van der Waals surface area contributed by atoms with Gasteiger partial charge in [-0.1, -0.05) is 24.3 Å². The van der Waals surface area contributed by atoms with Crippen LogP contribution in [-0.4, -0.2) is 45.4 Å². The zero-order valence-corrected chi connectivity index (χ0v) is 24.8. The molecule has 43 heavy (non-hydrogen) atoms. The van der Waals surface area contributed by atoms with Crippen molar-refractivity contribution in [2.75, 3.05) is 10.0 Å². The number of hydrogen-bond donors (Lipinski definition) is 5. The lowest BCUT2D eigenvalue weighted by molar-refractivity contribution is -0.114. The van der Waals surface area contributed by atoms with Crippen LogP contribution < -0.4 is 10.0 Å². The molecule has 0 unspecified atom stereocenters. The van der Waals surface area contributed by atoms with Crippen molar-refractivity contribution in [2.24, 2.45) is 10.2 Å². The maximum absolute atomic E-state index is 13.0. The summed E-state index contributed by atoms with van der Waals surface area (Å²) in [6.45, 7) is 1.86. The molecule has 0 radical (unpaired) electrons. The van der Waals surface area contributed by atoms with Crippen molar-refractivity contribution in [1.82, 2.24) is 0 Å². The van der Waals surface area contributed by atoms with Crippen LogP contribution in [0.2, 0.25) is 0 Å². The highest BCUT2D eigenvalue weighted by Gasteiger charge is 2.26. The molecule has 226 valence electrons. The number of amides is 1. The molecule has 0 aliphatic rings. The van der Waals surface area contributed by atoms with Gasteiger partial charge in [0.2, 0.25) is 5.91 Å². The number of hydrogen-bond acceptors (Lipinski definition) is 10. The number of azo groups is 1. The normalized spacial score (nSPS) is 12.5. The first-order chi connectivity index (χ1) is 20.0. The molecule has 17 heteroatoms. The number of fused-ring (bicyclic) bond motifs is 1. The smallest absolute Gasteiger partial charge is 0.296 e. The van der Waals surface area contributed by atoms with Gasteiger partial charge in [-0.2, -0.15) is 16.8 Å². The monoisotopic (exact) mass is 648 g/mol. The molecular weight excluding hydrogens is 625 g/mol. The van der Waals surface area contributed by atoms with Gasteiger partial charge in [0.15, 0.2) is 0 Å². The number of benzene rings is 4. The van der Waals surface area contributed by atoms with E-state index in [-0.39, 0.29) is 38.3 Å². The molecular formula is C26H24N4O10S3. The Balaban J connectivity index is 1.98. The molecule has 4 aromatic rings. The number of carbonyl (C=O) groups excluding carboxylic acids is 1. The number of aliphatic hydroxyl groups is 1. The molecule has 1 amide bonds. The number of aliphatic hydroxyl groups excluding tert-OH is 1. The molecule has 0 saturated heterocycles. The third-order valence-electron chi connectivity index (χ3n) is 6.00. The van der Waals surface area contributed by atoms with Gasteiger partial charge in [-0.05, 0) is 60.3 Å². The van der Waals surface area contributed by atoms with Gasteiger partial charge in [-0.3, -0.25) is 18.6 Å². The van der Waals surface area contributed by atoms with Gasteiger partial charge in [0.25, 0.3) is 30.3 Å². The highest BCUT2D eigenvalue weighted by molar-refractivity contribution is 7.92. The minimum Gasteiger partial charge on any atom is -0.392 e. The van der Waals surface area contributed by atoms with Crippen LogP contribution in [0.4, 0.5) is 22.7 Å². The molecule has 0 aromatic heterocycles. The lowest BCUT2D eigenvalue weighted by Crippen LogP contribution is -2.13. The van der Waals surface area contributed by atoms with Gasteiger partial charge in [0, 0.05) is 17.9 Å². The van der Waals surface area contributed by atoms with Gasteiger partial charge >= 0.3 is 0 Å². The van der Waals surface area contributed by atoms with Crippen LogP contribution in [0.1, 0.15) is 18.1 Å². The van der Waals surface area contributed by atoms with E-state index >= 15 is 0 Å². The molecule has 0 heterocycles. The van der Waals surface area contributed by atoms with Crippen LogP contribution in [0.15, 0.2) is 91.6 Å². The third-order valence-corrected chi connectivity index (χ3v) is 9.08. The zero-order valence-electron chi connectivity index (χ0n) is 22.4. The molecule has 0 fully saturated rings. The Bertz CT molecular complexity index is 2120. The number of nitrogens with one attached hydrogen (secondary N) is 2. The van der Waals surface area contributed by atoms with Crippen molar-refractivity contribution in [3.8, 4) is 0 Å². The molecule has 0 bridgehead atoms. The maximum atomic E-state index is 13.0. The van der Waals surface area contributed by atoms with Crippen LogP contribution in [0, 0.1) is 6.92 Å². The van der Waals surface area contributed by atoms with Gasteiger partial charge in [-0.25, -0.2) is 8.42 Å². The first kappa shape index (κ1) is 31.7. The Kier molecular flexibility index (Phi) is 8.68. The van der Waals surface area contributed by atoms with Crippen LogP contribution in [0.3, 0.4) is 0 Å². The molecule has 0 saturated carbocycles. The topological polar surface area (TPSA) is 229 Å². The fourth-order valence-corrected chi connectivity index (χ4v) is 6.50. The Morgan fingerprint density at radius 2 is 1.49 bits per heavy atom. The second kappa shape index (κ2) is 11.8. The Morgan fingerprint density at radius 1 is 0.814 bits per heavy atom. The second-order valence-electron chi connectivity index (χ2n) is 9.20. The largest absolute Gasteiger partial charge is 0.392 e. The summed E-state index contributed by atoms with van der Waals surface area (Å²) < 4.78 is 96.5. The van der Waals surface area contributed by atoms with E-state index < -0.39 is 58.3 Å². The number of aryl methyl sites for hydroxylation is 1. The molecule has 0 aliphatic carbocycles. The minimum absolute atomic E-state index is 0.0240. The molecule has 4 aromatic carbocycles. The van der Waals surface area contributed by atoms with E-state index in [1.165, 1.54) is 36.4 Å². The van der Waals surface area contributed by atoms with Crippen molar-refractivity contribution < 1.29 is 44.3 Å². The standard InChI is InChI=1S/C26H24N4O10S3/c1-15-8-9-21(22(10-15)30-41(33,34)18-6-4-3-5-7-18)28-29-26-20(14-31)25-17(12-24(26)43(38,39)40)11-19(42(35,36)37)13-23(25)27-16(2)32/h3-13,30-31H,14H2,1-2H3,(H,27,32)(H,35,36,37)(H,38,39,40). The third kappa shape index (κ3) is 7.04. The summed E-state index contributed by atoms with van der Waals surface area (Å²) in [6.07, 6.45) is 0. The summed E-state index contributed by atoms with van der Waals surface area (Å²) in [6, 6.07) is 14.5. The van der Waals surface area contributed by atoms with E-state index in [1.807, 2.05) is 0 Å². The predicted octanol–water partition coefficient (Wildman–Crippen LogP) is 4.31. The summed E-state index contributed by atoms with van der Waals surface area (Å²) >= 11 is 0. The lowest BCUT2D eigenvalue weighted by Gasteiger charge is -2.16. The van der Waals surface area contributed by atoms with Gasteiger partial charge in [0.05, 0.1) is 27.8 Å². The van der Waals surface area contributed by atoms with E-state index in [9.17, 15) is 44.3 Å². The van der Waals surface area contributed by atoms with E-state index in [0.717, 1.165) is 25.1 Å². The zero-order chi connectivity index (χ0) is 31.7. The first-order valence-corrected chi connectivity index (χ1v) is 16.4. The van der Waals surface area contributed by atoms with Crippen LogP contribution in [0.25, 0.3) is 10.8 Å². The number of nitrogens with zero attached hydrogens (tertiary/aromatic N) is 2. The minimum atomic E-state index is -5.10. The van der Waals surface area contributed by atoms with Gasteiger partial charge in [-0.15, -0.1) is 10.2 Å². The Labute approximate surface area is 246 Å². The summed E-state index contributed by atoms with van der Waals surface area (Å²) in [4.78, 5) is 10.3. The molecule has 4 rings (SSSR count). The van der Waals surface area contributed by atoms with Crippen molar-refractivity contribution in [3.05, 3.63) is 77.9 Å². The lowest BCUT2D eigenvalue weighted by atomic mass is 10.0. The molecule has 0 atom stereocenters. The fourth-order valence-electron chi connectivity index (χ4n) is 4.19. The number of carbonyl (C=O) groups is 1. The van der Waals surface area contributed by atoms with E-state index in [0.29, 0.717) is 5.56 Å². The Morgan fingerprint density at radius 3 is 2.07 bits per heavy atom. The van der Waals surface area contributed by atoms with Crippen molar-refractivity contribution in [2.45, 2.75) is 35.1 Å². The van der Waals surface area contributed by atoms with Gasteiger partial charge in [0.1, 0.15) is 16.3 Å². The van der Waals surface area contributed by atoms with E-state index in [1.54, 1.807) is 19.1 Å². The van der Waals surface area contributed by atoms with Crippen molar-refractivity contribution in [1.29, 1.82) is 0 Å². The molecule has 0 spiro atoms. The summed E-state index contributed by atoms with van der Waals surface area (Å²) in [5, 5.41) is 20.4. The SMILES string of the molecule is CC(=O)Nc1cc(S(=O)(=O)O)cc2cc(S(=O)(=O)O)c(N=Nc3ccc(C)cc3NS(=O)(=O)c3ccccc3)c(CO)c12. The number of rotatable bonds is 9. The summed E-state index contributed by atoms with van der Waals surface area (Å²) in [5.41, 5.74) is -0.561. The number of sulfonamides is 1. The maximum Gasteiger partial charge on any atom is 0.296 e. The quantitative estimate of drug-likeness (QED) is 0.128. The Hall–Kier alpha value is -4.26. The second-order valence-corrected chi connectivity index (χ2v) is 13.7. The molecule has 5 N–H and O–H groups in total. The molecule has 14 nitrogen and oxygen atoms in total. The average molecular weight is 649 g/mol. The van der Waals surface area contributed by atoms with Crippen molar-refractivity contribution >= 4 is 69.7 Å². The van der Waals surface area contributed by atoms with Crippen LogP contribution in [-0.2, 0) is 41.7 Å². The highest BCUT2D eigenvalue weighted by atomic mass is 32.2. The van der Waals surface area contributed by atoms with Crippen LogP contribution >= 0.6 is 0 Å². The fraction of sp³-hybridized carbons (Fsp3) is 0.115. The van der Waals surface area contributed by atoms with E-state index in [2.05, 4.69) is 20.3 Å². The van der Waals surface area contributed by atoms with Crippen LogP contribution in [0.5, 0.6) is 0 Å². The number of anilines is 2. The summed E-state index contributed by atoms with van der Waals surface area (Å²) in [7, 11) is -14.0. The first-order valence-electron chi connectivity index (χ1n) is 12.1. The summed E-state index contributed by atoms with van der Waals surface area (Å²) in [5.74, 6) is -0.672. The molecule has 0 aliphatic heterocycles. The van der Waals surface area contributed by atoms with Gasteiger partial charge < -0.3 is 10.4 Å².